The lowest BCUT2D eigenvalue weighted by molar-refractivity contribution is 0.0602. The normalized spacial score (nSPS) is 10.5. The van der Waals surface area contributed by atoms with Crippen molar-refractivity contribution in [1.82, 2.24) is 9.97 Å². The van der Waals surface area contributed by atoms with Crippen molar-refractivity contribution in [2.24, 2.45) is 0 Å². The van der Waals surface area contributed by atoms with E-state index >= 15 is 0 Å². The number of amides is 1. The van der Waals surface area contributed by atoms with Crippen LogP contribution in [0.15, 0.2) is 60.7 Å². The van der Waals surface area contributed by atoms with Crippen molar-refractivity contribution in [3.63, 3.8) is 0 Å². The Morgan fingerprint density at radius 3 is 2.34 bits per heavy atom. The maximum absolute atomic E-state index is 12.9. The number of carbonyl (C=O) groups is 2. The monoisotopic (exact) mass is 390 g/mol. The van der Waals surface area contributed by atoms with Crippen molar-refractivity contribution in [3.05, 3.63) is 71.9 Å². The zero-order valence-electron chi connectivity index (χ0n) is 16.5. The molecule has 1 amide bonds. The number of carbonyl (C=O) groups excluding carboxylic acids is 2. The molecular formula is C22H22N4O3. The molecule has 3 rings (SSSR count). The van der Waals surface area contributed by atoms with Gasteiger partial charge in [0.05, 0.1) is 18.4 Å². The molecule has 0 fully saturated rings. The zero-order chi connectivity index (χ0) is 20.8. The summed E-state index contributed by atoms with van der Waals surface area (Å²) in [5.74, 6) is -0.00799. The average Bonchev–Trinajstić information content (AvgIpc) is 2.73. The van der Waals surface area contributed by atoms with Gasteiger partial charge in [0.2, 0.25) is 0 Å². The minimum absolute atomic E-state index is 0.129. The molecule has 0 bridgehead atoms. The molecular weight excluding hydrogens is 368 g/mol. The maximum Gasteiger partial charge on any atom is 0.339 e. The number of esters is 1. The Bertz CT molecular complexity index is 1020. The summed E-state index contributed by atoms with van der Waals surface area (Å²) < 4.78 is 4.78. The Morgan fingerprint density at radius 2 is 1.66 bits per heavy atom. The van der Waals surface area contributed by atoms with Gasteiger partial charge in [-0.25, -0.2) is 14.8 Å². The van der Waals surface area contributed by atoms with Gasteiger partial charge in [0.25, 0.3) is 5.91 Å². The number of methoxy groups -OCH3 is 1. The molecule has 0 saturated heterocycles. The molecule has 2 N–H and O–H groups in total. The van der Waals surface area contributed by atoms with Gasteiger partial charge in [-0.3, -0.25) is 4.79 Å². The molecule has 0 atom stereocenters. The molecule has 0 radical (unpaired) electrons. The number of benzene rings is 2. The van der Waals surface area contributed by atoms with Crippen LogP contribution in [-0.4, -0.2) is 35.0 Å². The van der Waals surface area contributed by atoms with Crippen LogP contribution in [0.1, 0.15) is 34.7 Å². The van der Waals surface area contributed by atoms with E-state index in [1.54, 1.807) is 30.3 Å². The van der Waals surface area contributed by atoms with Crippen LogP contribution in [0.3, 0.4) is 0 Å². The summed E-state index contributed by atoms with van der Waals surface area (Å²) in [7, 11) is 1.29. The van der Waals surface area contributed by atoms with Crippen LogP contribution in [0.2, 0.25) is 0 Å². The van der Waals surface area contributed by atoms with E-state index < -0.39 is 11.9 Å². The predicted octanol–water partition coefficient (Wildman–Crippen LogP) is 4.00. The smallest absolute Gasteiger partial charge is 0.339 e. The molecule has 0 saturated carbocycles. The van der Waals surface area contributed by atoms with Gasteiger partial charge in [0.15, 0.2) is 5.82 Å². The van der Waals surface area contributed by atoms with Crippen molar-refractivity contribution >= 4 is 23.4 Å². The fraction of sp³-hybridized carbons (Fsp3) is 0.182. The number of hydrogen-bond acceptors (Lipinski definition) is 6. The quantitative estimate of drug-likeness (QED) is 0.618. The van der Waals surface area contributed by atoms with Crippen LogP contribution in [0.4, 0.5) is 11.5 Å². The van der Waals surface area contributed by atoms with Crippen LogP contribution in [0.5, 0.6) is 0 Å². The van der Waals surface area contributed by atoms with Crippen molar-refractivity contribution in [2.75, 3.05) is 17.7 Å². The van der Waals surface area contributed by atoms with Crippen LogP contribution >= 0.6 is 0 Å². The average molecular weight is 390 g/mol. The number of ether oxygens (including phenoxy) is 1. The molecule has 29 heavy (non-hydrogen) atoms. The number of nitrogens with one attached hydrogen (secondary N) is 2. The summed E-state index contributed by atoms with van der Waals surface area (Å²) in [6.07, 6.45) is 0. The van der Waals surface area contributed by atoms with Crippen LogP contribution in [-0.2, 0) is 4.74 Å². The number of hydrogen-bond donors (Lipinski definition) is 2. The molecule has 0 spiro atoms. The highest BCUT2D eigenvalue weighted by molar-refractivity contribution is 6.07. The lowest BCUT2D eigenvalue weighted by Gasteiger charge is -2.13. The van der Waals surface area contributed by atoms with Gasteiger partial charge in [0, 0.05) is 17.7 Å². The first-order valence-electron chi connectivity index (χ1n) is 9.17. The lowest BCUT2D eigenvalue weighted by atomic mass is 10.1. The number of aromatic nitrogens is 2. The van der Waals surface area contributed by atoms with Gasteiger partial charge in [0.1, 0.15) is 11.5 Å². The van der Waals surface area contributed by atoms with Crippen molar-refractivity contribution < 1.29 is 14.3 Å². The Kier molecular flexibility index (Phi) is 6.19. The zero-order valence-corrected chi connectivity index (χ0v) is 16.5. The van der Waals surface area contributed by atoms with Crippen LogP contribution in [0, 0.1) is 0 Å². The number of anilines is 2. The minimum atomic E-state index is -0.532. The van der Waals surface area contributed by atoms with E-state index in [1.807, 2.05) is 44.2 Å². The van der Waals surface area contributed by atoms with Crippen molar-refractivity contribution in [1.29, 1.82) is 0 Å². The summed E-state index contributed by atoms with van der Waals surface area (Å²) >= 11 is 0. The molecule has 0 unspecified atom stereocenters. The second-order valence-electron chi connectivity index (χ2n) is 6.62. The number of nitrogens with zero attached hydrogens (tertiary/aromatic N) is 2. The Labute approximate surface area is 169 Å². The summed E-state index contributed by atoms with van der Waals surface area (Å²) in [5.41, 5.74) is 1.59. The third-order valence-corrected chi connectivity index (χ3v) is 4.01. The van der Waals surface area contributed by atoms with E-state index in [1.165, 1.54) is 7.11 Å². The summed E-state index contributed by atoms with van der Waals surface area (Å²) in [4.78, 5) is 33.8. The van der Waals surface area contributed by atoms with Gasteiger partial charge in [-0.2, -0.15) is 0 Å². The fourth-order valence-electron chi connectivity index (χ4n) is 2.72. The first-order valence-corrected chi connectivity index (χ1v) is 9.17. The maximum atomic E-state index is 12.9. The lowest BCUT2D eigenvalue weighted by Crippen LogP contribution is -2.19. The van der Waals surface area contributed by atoms with Gasteiger partial charge in [-0.15, -0.1) is 0 Å². The van der Waals surface area contributed by atoms with Crippen molar-refractivity contribution in [2.45, 2.75) is 19.9 Å². The first kappa shape index (κ1) is 20.0. The fourth-order valence-corrected chi connectivity index (χ4v) is 2.72. The molecule has 0 aliphatic rings. The topological polar surface area (TPSA) is 93.2 Å². The third kappa shape index (κ3) is 4.95. The van der Waals surface area contributed by atoms with Gasteiger partial charge in [-0.05, 0) is 26.0 Å². The van der Waals surface area contributed by atoms with Gasteiger partial charge >= 0.3 is 5.97 Å². The highest BCUT2D eigenvalue weighted by atomic mass is 16.5. The summed E-state index contributed by atoms with van der Waals surface area (Å²) in [6, 6.07) is 17.8. The SMILES string of the molecule is COC(=O)c1ccccc1NC(=O)c1cc(NC(C)C)nc(-c2ccccc2)n1. The van der Waals surface area contributed by atoms with E-state index in [-0.39, 0.29) is 17.3 Å². The Balaban J connectivity index is 1.97. The second-order valence-corrected chi connectivity index (χ2v) is 6.62. The predicted molar refractivity (Wildman–Crippen MR) is 112 cm³/mol. The number of rotatable bonds is 6. The molecule has 1 aromatic heterocycles. The molecule has 3 aromatic rings. The van der Waals surface area contributed by atoms with Gasteiger partial charge in [-0.1, -0.05) is 42.5 Å². The number of para-hydroxylation sites is 1. The van der Waals surface area contributed by atoms with E-state index in [0.717, 1.165) is 5.56 Å². The highest BCUT2D eigenvalue weighted by Crippen LogP contribution is 2.21. The van der Waals surface area contributed by atoms with E-state index in [4.69, 9.17) is 4.74 Å². The summed E-state index contributed by atoms with van der Waals surface area (Å²) in [6.45, 7) is 3.97. The minimum Gasteiger partial charge on any atom is -0.465 e. The van der Waals surface area contributed by atoms with Crippen LogP contribution in [0.25, 0.3) is 11.4 Å². The standard InChI is InChI=1S/C22H22N4O3/c1-14(2)23-19-13-18(24-20(26-19)15-9-5-4-6-10-15)21(27)25-17-12-8-7-11-16(17)22(28)29-3/h4-14H,1-3H3,(H,25,27)(H,23,24,26). The van der Waals surface area contributed by atoms with E-state index in [9.17, 15) is 9.59 Å². The second kappa shape index (κ2) is 8.97. The Hall–Kier alpha value is -3.74. The molecule has 7 nitrogen and oxygen atoms in total. The Morgan fingerprint density at radius 1 is 0.966 bits per heavy atom. The van der Waals surface area contributed by atoms with Gasteiger partial charge < -0.3 is 15.4 Å². The van der Waals surface area contributed by atoms with Crippen LogP contribution < -0.4 is 10.6 Å². The third-order valence-electron chi connectivity index (χ3n) is 4.01. The van der Waals surface area contributed by atoms with E-state index in [2.05, 4.69) is 20.6 Å². The highest BCUT2D eigenvalue weighted by Gasteiger charge is 2.17. The molecule has 2 aromatic carbocycles. The molecule has 7 heteroatoms. The van der Waals surface area contributed by atoms with E-state index in [0.29, 0.717) is 17.3 Å². The largest absolute Gasteiger partial charge is 0.465 e. The molecule has 1 heterocycles. The summed E-state index contributed by atoms with van der Waals surface area (Å²) in [5, 5.41) is 5.95. The molecule has 148 valence electrons. The van der Waals surface area contributed by atoms with Crippen molar-refractivity contribution in [3.8, 4) is 11.4 Å². The first-order chi connectivity index (χ1) is 14.0. The molecule has 0 aliphatic heterocycles. The molecule has 0 aliphatic carbocycles.